The molecule has 0 aliphatic carbocycles. The zero-order valence-electron chi connectivity index (χ0n) is 9.54. The Balaban J connectivity index is 0.00000128. The molecule has 0 unspecified atom stereocenters. The van der Waals surface area contributed by atoms with E-state index < -0.39 is 0 Å². The van der Waals surface area contributed by atoms with Crippen molar-refractivity contribution in [2.45, 2.75) is 26.3 Å². The summed E-state index contributed by atoms with van der Waals surface area (Å²) >= 11 is 0. The highest BCUT2D eigenvalue weighted by Crippen LogP contribution is 2.15. The van der Waals surface area contributed by atoms with Crippen LogP contribution in [0.3, 0.4) is 0 Å². The summed E-state index contributed by atoms with van der Waals surface area (Å²) in [5.41, 5.74) is 3.24. The molecular weight excluding hydrogens is 224 g/mol. The summed E-state index contributed by atoms with van der Waals surface area (Å²) in [6.45, 7) is 5.01. The summed E-state index contributed by atoms with van der Waals surface area (Å²) in [7, 11) is 0. The second kappa shape index (κ2) is 5.32. The number of rotatable bonds is 2. The van der Waals surface area contributed by atoms with Gasteiger partial charge in [0.25, 0.3) is 0 Å². The largest absolute Gasteiger partial charge is 0.325 e. The van der Waals surface area contributed by atoms with E-state index in [1.165, 1.54) is 11.1 Å². The van der Waals surface area contributed by atoms with Crippen molar-refractivity contribution < 1.29 is 4.79 Å². The molecule has 2 N–H and O–H groups in total. The number of benzene rings is 1. The quantitative estimate of drug-likeness (QED) is 0.831. The van der Waals surface area contributed by atoms with Gasteiger partial charge in [0.05, 0.1) is 6.04 Å². The van der Waals surface area contributed by atoms with Crippen LogP contribution in [-0.2, 0) is 4.79 Å². The number of hydrogen-bond donors (Lipinski definition) is 2. The molecule has 2 rings (SSSR count). The molecule has 0 aromatic heterocycles. The summed E-state index contributed by atoms with van der Waals surface area (Å²) in [5, 5.41) is 6.01. The number of aryl methyl sites for hydroxylation is 2. The minimum Gasteiger partial charge on any atom is -0.325 e. The first-order valence-corrected chi connectivity index (χ1v) is 5.28. The molecule has 0 spiro atoms. The Morgan fingerprint density at radius 3 is 2.31 bits per heavy atom. The van der Waals surface area contributed by atoms with Crippen LogP contribution in [0.1, 0.15) is 17.5 Å². The van der Waals surface area contributed by atoms with E-state index in [2.05, 4.69) is 16.7 Å². The summed E-state index contributed by atoms with van der Waals surface area (Å²) in [4.78, 5) is 11.6. The van der Waals surface area contributed by atoms with Gasteiger partial charge in [0.2, 0.25) is 5.91 Å². The second-order valence-corrected chi connectivity index (χ2v) is 4.16. The minimum atomic E-state index is 0. The smallest absolute Gasteiger partial charge is 0.241 e. The van der Waals surface area contributed by atoms with Crippen molar-refractivity contribution in [1.82, 2.24) is 5.32 Å². The third-order valence-corrected chi connectivity index (χ3v) is 2.63. The second-order valence-electron chi connectivity index (χ2n) is 4.16. The molecule has 1 saturated heterocycles. The third-order valence-electron chi connectivity index (χ3n) is 2.63. The molecule has 1 atom stereocenters. The molecule has 1 aliphatic rings. The molecule has 1 heterocycles. The molecule has 16 heavy (non-hydrogen) atoms. The molecule has 1 aliphatic heterocycles. The zero-order valence-corrected chi connectivity index (χ0v) is 10.4. The minimum absolute atomic E-state index is 0. The lowest BCUT2D eigenvalue weighted by Crippen LogP contribution is -2.50. The number of halogens is 1. The van der Waals surface area contributed by atoms with E-state index in [0.29, 0.717) is 0 Å². The lowest BCUT2D eigenvalue weighted by Gasteiger charge is -2.26. The average Bonchev–Trinajstić information content (AvgIpc) is 1.96. The van der Waals surface area contributed by atoms with Crippen molar-refractivity contribution in [3.05, 3.63) is 29.3 Å². The number of hydrogen-bond acceptors (Lipinski definition) is 2. The maximum atomic E-state index is 11.6. The molecule has 1 aromatic rings. The Morgan fingerprint density at radius 1 is 1.31 bits per heavy atom. The standard InChI is InChI=1S/C12H16N2O.ClH/c1-8-5-9(2)7-10(6-8)14-12(15)11-3-4-13-11;/h5-7,11,13H,3-4H2,1-2H3,(H,14,15);1H/t11-;/m1./s1. The highest BCUT2D eigenvalue weighted by molar-refractivity contribution is 5.95. The molecule has 0 radical (unpaired) electrons. The van der Waals surface area contributed by atoms with Crippen LogP contribution in [0.25, 0.3) is 0 Å². The molecule has 0 bridgehead atoms. The Bertz CT molecular complexity index is 368. The Hall–Kier alpha value is -1.06. The molecule has 1 aromatic carbocycles. The molecule has 0 saturated carbocycles. The van der Waals surface area contributed by atoms with Gasteiger partial charge in [-0.1, -0.05) is 6.07 Å². The van der Waals surface area contributed by atoms with Gasteiger partial charge in [-0.3, -0.25) is 4.79 Å². The van der Waals surface area contributed by atoms with Gasteiger partial charge in [0.1, 0.15) is 0 Å². The first-order chi connectivity index (χ1) is 7.15. The third kappa shape index (κ3) is 2.97. The summed E-state index contributed by atoms with van der Waals surface area (Å²) in [5.74, 6) is 0.0752. The number of carbonyl (C=O) groups is 1. The average molecular weight is 241 g/mol. The fourth-order valence-electron chi connectivity index (χ4n) is 1.79. The maximum absolute atomic E-state index is 11.6. The highest BCUT2D eigenvalue weighted by atomic mass is 35.5. The Morgan fingerprint density at radius 2 is 1.88 bits per heavy atom. The van der Waals surface area contributed by atoms with E-state index in [-0.39, 0.29) is 24.4 Å². The van der Waals surface area contributed by atoms with Gasteiger partial charge in [-0.05, 0) is 50.1 Å². The van der Waals surface area contributed by atoms with E-state index in [1.807, 2.05) is 26.0 Å². The lowest BCUT2D eigenvalue weighted by atomic mass is 10.1. The van der Waals surface area contributed by atoms with Crippen molar-refractivity contribution in [3.63, 3.8) is 0 Å². The predicted octanol–water partition coefficient (Wildman–Crippen LogP) is 2.03. The SMILES string of the molecule is Cc1cc(C)cc(NC(=O)[C@H]2CCN2)c1.Cl. The van der Waals surface area contributed by atoms with Crippen LogP contribution in [0.2, 0.25) is 0 Å². The van der Waals surface area contributed by atoms with Crippen LogP contribution in [0.5, 0.6) is 0 Å². The fraction of sp³-hybridized carbons (Fsp3) is 0.417. The Labute approximate surface area is 102 Å². The summed E-state index contributed by atoms with van der Waals surface area (Å²) < 4.78 is 0. The first-order valence-electron chi connectivity index (χ1n) is 5.28. The summed E-state index contributed by atoms with van der Waals surface area (Å²) in [6, 6.07) is 6.08. The monoisotopic (exact) mass is 240 g/mol. The van der Waals surface area contributed by atoms with E-state index in [0.717, 1.165) is 18.7 Å². The topological polar surface area (TPSA) is 41.1 Å². The number of carbonyl (C=O) groups excluding carboxylic acids is 1. The Kier molecular flexibility index (Phi) is 4.33. The molecule has 4 heteroatoms. The van der Waals surface area contributed by atoms with Gasteiger partial charge in [-0.2, -0.15) is 0 Å². The van der Waals surface area contributed by atoms with Gasteiger partial charge in [0.15, 0.2) is 0 Å². The van der Waals surface area contributed by atoms with E-state index in [1.54, 1.807) is 0 Å². The highest BCUT2D eigenvalue weighted by Gasteiger charge is 2.24. The number of amides is 1. The molecule has 3 nitrogen and oxygen atoms in total. The van der Waals surface area contributed by atoms with Gasteiger partial charge in [-0.25, -0.2) is 0 Å². The van der Waals surface area contributed by atoms with Crippen molar-refractivity contribution >= 4 is 24.0 Å². The maximum Gasteiger partial charge on any atom is 0.241 e. The molecule has 1 fully saturated rings. The van der Waals surface area contributed by atoms with E-state index in [9.17, 15) is 4.79 Å². The summed E-state index contributed by atoms with van der Waals surface area (Å²) in [6.07, 6.45) is 0.941. The van der Waals surface area contributed by atoms with Crippen molar-refractivity contribution in [2.75, 3.05) is 11.9 Å². The van der Waals surface area contributed by atoms with Crippen LogP contribution in [0.15, 0.2) is 18.2 Å². The predicted molar refractivity (Wildman–Crippen MR) is 68.2 cm³/mol. The van der Waals surface area contributed by atoms with Crippen molar-refractivity contribution in [3.8, 4) is 0 Å². The van der Waals surface area contributed by atoms with Crippen LogP contribution in [0, 0.1) is 13.8 Å². The van der Waals surface area contributed by atoms with Gasteiger partial charge < -0.3 is 10.6 Å². The van der Waals surface area contributed by atoms with E-state index in [4.69, 9.17) is 0 Å². The van der Waals surface area contributed by atoms with Crippen LogP contribution in [-0.4, -0.2) is 18.5 Å². The molecular formula is C12H17ClN2O. The zero-order chi connectivity index (χ0) is 10.8. The fourth-order valence-corrected chi connectivity index (χ4v) is 1.79. The normalized spacial score (nSPS) is 18.2. The van der Waals surface area contributed by atoms with Crippen LogP contribution >= 0.6 is 12.4 Å². The van der Waals surface area contributed by atoms with Crippen molar-refractivity contribution in [1.29, 1.82) is 0 Å². The lowest BCUT2D eigenvalue weighted by molar-refractivity contribution is -0.119. The molecule has 1 amide bonds. The van der Waals surface area contributed by atoms with Gasteiger partial charge in [0, 0.05) is 5.69 Å². The van der Waals surface area contributed by atoms with Crippen LogP contribution in [0.4, 0.5) is 5.69 Å². The van der Waals surface area contributed by atoms with Gasteiger partial charge >= 0.3 is 0 Å². The van der Waals surface area contributed by atoms with Gasteiger partial charge in [-0.15, -0.1) is 12.4 Å². The van der Waals surface area contributed by atoms with Crippen LogP contribution < -0.4 is 10.6 Å². The van der Waals surface area contributed by atoms with E-state index >= 15 is 0 Å². The molecule has 88 valence electrons. The van der Waals surface area contributed by atoms with Crippen molar-refractivity contribution in [2.24, 2.45) is 0 Å². The first kappa shape index (κ1) is 13.0. The number of nitrogens with one attached hydrogen (secondary N) is 2. The number of anilines is 1.